The van der Waals surface area contributed by atoms with Crippen molar-refractivity contribution in [1.29, 1.82) is 0 Å². The van der Waals surface area contributed by atoms with Gasteiger partial charge in [-0.25, -0.2) is 19.2 Å². The van der Waals surface area contributed by atoms with E-state index in [0.29, 0.717) is 45.1 Å². The lowest BCUT2D eigenvalue weighted by molar-refractivity contribution is -0.145. The van der Waals surface area contributed by atoms with Gasteiger partial charge in [0, 0.05) is 18.6 Å². The van der Waals surface area contributed by atoms with E-state index in [4.69, 9.17) is 33.2 Å². The van der Waals surface area contributed by atoms with Crippen LogP contribution in [0, 0.1) is 27.7 Å². The number of rotatable bonds is 18. The van der Waals surface area contributed by atoms with Crippen molar-refractivity contribution in [2.24, 2.45) is 0 Å². The molecule has 0 amide bonds. The molecule has 0 unspecified atom stereocenters. The molecule has 4 aromatic rings. The van der Waals surface area contributed by atoms with Gasteiger partial charge < -0.3 is 33.2 Å². The number of allylic oxidation sites excluding steroid dienone is 1. The molecule has 0 saturated heterocycles. The summed E-state index contributed by atoms with van der Waals surface area (Å²) in [5.41, 5.74) is 4.69. The van der Waals surface area contributed by atoms with Crippen LogP contribution in [0.15, 0.2) is 105 Å². The number of aryl methyl sites for hydroxylation is 4. The van der Waals surface area contributed by atoms with E-state index in [1.54, 1.807) is 63.2 Å². The molecule has 0 heterocycles. The highest BCUT2D eigenvalue weighted by Gasteiger charge is 2.19. The lowest BCUT2D eigenvalue weighted by Gasteiger charge is -2.16. The smallest absolute Gasteiger partial charge is 0.343 e. The monoisotopic (exact) mass is 748 g/mol. The Morgan fingerprint density at radius 1 is 0.527 bits per heavy atom. The molecule has 0 fully saturated rings. The summed E-state index contributed by atoms with van der Waals surface area (Å²) in [5.74, 6) is -1.21. The zero-order valence-corrected chi connectivity index (χ0v) is 30.9. The normalized spacial score (nSPS) is 10.3. The van der Waals surface area contributed by atoms with Crippen molar-refractivity contribution < 1.29 is 57.1 Å². The molecule has 0 aliphatic rings. The van der Waals surface area contributed by atoms with Crippen molar-refractivity contribution in [3.63, 3.8) is 0 Å². The maximum absolute atomic E-state index is 13.4. The number of esters is 4. The number of ether oxygens (including phenoxy) is 7. The van der Waals surface area contributed by atoms with Gasteiger partial charge in [0.05, 0.1) is 17.7 Å². The van der Waals surface area contributed by atoms with E-state index >= 15 is 0 Å². The van der Waals surface area contributed by atoms with Gasteiger partial charge in [-0.1, -0.05) is 31.9 Å². The molecule has 0 aliphatic carbocycles. The van der Waals surface area contributed by atoms with Crippen LogP contribution in [0.4, 0.5) is 0 Å². The van der Waals surface area contributed by atoms with Crippen LogP contribution in [0.3, 0.4) is 0 Å². The predicted molar refractivity (Wildman–Crippen MR) is 203 cm³/mol. The fourth-order valence-electron chi connectivity index (χ4n) is 5.07. The summed E-state index contributed by atoms with van der Waals surface area (Å²) in [7, 11) is 0. The van der Waals surface area contributed by atoms with Crippen molar-refractivity contribution in [3.05, 3.63) is 138 Å². The largest absolute Gasteiger partial charge is 0.489 e. The molecule has 0 aromatic heterocycles. The third-order valence-electron chi connectivity index (χ3n) is 7.96. The Morgan fingerprint density at radius 3 is 1.56 bits per heavy atom. The van der Waals surface area contributed by atoms with E-state index in [2.05, 4.69) is 19.7 Å². The number of ketones is 1. The van der Waals surface area contributed by atoms with E-state index in [1.165, 1.54) is 12.1 Å². The van der Waals surface area contributed by atoms with Crippen LogP contribution in [0.1, 0.15) is 49.4 Å². The first-order valence-electron chi connectivity index (χ1n) is 16.9. The van der Waals surface area contributed by atoms with Crippen LogP contribution in [-0.4, -0.2) is 49.9 Å². The molecule has 4 rings (SSSR count). The number of carbonyl (C=O) groups excluding carboxylic acids is 5. The second-order valence-corrected chi connectivity index (χ2v) is 12.0. The maximum Gasteiger partial charge on any atom is 0.343 e. The SMILES string of the molecule is C=CC(=O)CCOc1cc(C(=O)Oc2ccc(-c3ccc(OC(=O)c4ccc(OCOC(=O)C=C)c(C)c4)c(C)c3)cc2C)cc(C)c1OCOC(=O)C=C. The molecule has 284 valence electrons. The van der Waals surface area contributed by atoms with Gasteiger partial charge in [0.1, 0.15) is 17.2 Å². The molecular weight excluding hydrogens is 708 g/mol. The second-order valence-electron chi connectivity index (χ2n) is 12.0. The standard InChI is InChI=1S/C43H40O12/c1-8-34(44)17-18-49-38-23-33(22-29(7)41(38)53-25-52-40(46)10-3)43(48)55-37-16-12-31(20-28(37)6)30-11-15-36(27(5)19-30)54-42(47)32-13-14-35(26(4)21-32)50-24-51-39(45)9-2/h8-16,19-23H,1-3,17-18,24-25H2,4-7H3. The Kier molecular flexibility index (Phi) is 14.3. The van der Waals surface area contributed by atoms with Crippen LogP contribution in [0.25, 0.3) is 11.1 Å². The van der Waals surface area contributed by atoms with Gasteiger partial charge >= 0.3 is 23.9 Å². The number of benzene rings is 4. The first-order chi connectivity index (χ1) is 26.3. The van der Waals surface area contributed by atoms with Crippen LogP contribution in [0.2, 0.25) is 0 Å². The van der Waals surface area contributed by atoms with Gasteiger partial charge in [-0.15, -0.1) is 0 Å². The highest BCUT2D eigenvalue weighted by atomic mass is 16.7. The van der Waals surface area contributed by atoms with Crippen molar-refractivity contribution in [3.8, 4) is 39.9 Å². The van der Waals surface area contributed by atoms with E-state index < -0.39 is 30.7 Å². The van der Waals surface area contributed by atoms with Crippen molar-refractivity contribution in [1.82, 2.24) is 0 Å². The van der Waals surface area contributed by atoms with Crippen molar-refractivity contribution in [2.45, 2.75) is 34.1 Å². The van der Waals surface area contributed by atoms with Gasteiger partial charge in [0.2, 0.25) is 13.6 Å². The molecule has 0 aliphatic heterocycles. The molecule has 0 bridgehead atoms. The molecule has 0 spiro atoms. The van der Waals surface area contributed by atoms with E-state index in [1.807, 2.05) is 25.1 Å². The molecule has 0 saturated carbocycles. The third kappa shape index (κ3) is 11.3. The van der Waals surface area contributed by atoms with Crippen molar-refractivity contribution >= 4 is 29.7 Å². The van der Waals surface area contributed by atoms with Crippen molar-refractivity contribution in [2.75, 3.05) is 20.2 Å². The Morgan fingerprint density at radius 2 is 1.04 bits per heavy atom. The molecule has 4 aromatic carbocycles. The third-order valence-corrected chi connectivity index (χ3v) is 7.96. The molecular formula is C43H40O12. The Labute approximate surface area is 318 Å². The van der Waals surface area contributed by atoms with Gasteiger partial charge in [0.25, 0.3) is 0 Å². The summed E-state index contributed by atoms with van der Waals surface area (Å²) >= 11 is 0. The maximum atomic E-state index is 13.4. The quantitative estimate of drug-likeness (QED) is 0.0425. The predicted octanol–water partition coefficient (Wildman–Crippen LogP) is 7.68. The second kappa shape index (κ2) is 19.2. The van der Waals surface area contributed by atoms with E-state index in [-0.39, 0.29) is 42.7 Å². The number of hydrogen-bond acceptors (Lipinski definition) is 12. The summed E-state index contributed by atoms with van der Waals surface area (Å²) in [4.78, 5) is 60.8. The zero-order chi connectivity index (χ0) is 40.1. The van der Waals surface area contributed by atoms with Crippen LogP contribution in [-0.2, 0) is 23.9 Å². The first-order valence-corrected chi connectivity index (χ1v) is 16.9. The molecule has 0 atom stereocenters. The highest BCUT2D eigenvalue weighted by molar-refractivity contribution is 5.93. The molecule has 0 radical (unpaired) electrons. The minimum absolute atomic E-state index is 0.0163. The minimum atomic E-state index is -0.680. The fraction of sp³-hybridized carbons (Fsp3) is 0.186. The Balaban J connectivity index is 1.44. The van der Waals surface area contributed by atoms with Gasteiger partial charge in [-0.3, -0.25) is 4.79 Å². The van der Waals surface area contributed by atoms with Gasteiger partial charge in [-0.05, 0) is 122 Å². The number of carbonyl (C=O) groups is 5. The lowest BCUT2D eigenvalue weighted by Crippen LogP contribution is -2.13. The average molecular weight is 749 g/mol. The van der Waals surface area contributed by atoms with E-state index in [0.717, 1.165) is 23.3 Å². The highest BCUT2D eigenvalue weighted by Crippen LogP contribution is 2.35. The van der Waals surface area contributed by atoms with E-state index in [9.17, 15) is 24.0 Å². The number of hydrogen-bond donors (Lipinski definition) is 0. The molecule has 12 nitrogen and oxygen atoms in total. The van der Waals surface area contributed by atoms with Crippen LogP contribution < -0.4 is 23.7 Å². The van der Waals surface area contributed by atoms with Crippen LogP contribution >= 0.6 is 0 Å². The summed E-state index contributed by atoms with van der Waals surface area (Å²) in [6.45, 7) is 16.4. The van der Waals surface area contributed by atoms with Crippen LogP contribution in [0.5, 0.6) is 28.7 Å². The lowest BCUT2D eigenvalue weighted by atomic mass is 10.0. The zero-order valence-electron chi connectivity index (χ0n) is 30.9. The first kappa shape index (κ1) is 40.8. The minimum Gasteiger partial charge on any atom is -0.489 e. The van der Waals surface area contributed by atoms with Gasteiger partial charge in [0.15, 0.2) is 17.3 Å². The summed E-state index contributed by atoms with van der Waals surface area (Å²) in [6.07, 6.45) is 3.26. The topological polar surface area (TPSA) is 150 Å². The van der Waals surface area contributed by atoms with Gasteiger partial charge in [-0.2, -0.15) is 0 Å². The Hall–Kier alpha value is -6.95. The molecule has 55 heavy (non-hydrogen) atoms. The summed E-state index contributed by atoms with van der Waals surface area (Å²) < 4.78 is 38.0. The fourth-order valence-corrected chi connectivity index (χ4v) is 5.07. The molecule has 0 N–H and O–H groups in total. The summed E-state index contributed by atoms with van der Waals surface area (Å²) in [6, 6.07) is 18.5. The average Bonchev–Trinajstić information content (AvgIpc) is 3.17. The Bertz CT molecular complexity index is 2150. The molecule has 12 heteroatoms. The summed E-state index contributed by atoms with van der Waals surface area (Å²) in [5, 5.41) is 0.